The second kappa shape index (κ2) is 6.10. The van der Waals surface area contributed by atoms with Crippen molar-refractivity contribution in [2.24, 2.45) is 0 Å². The van der Waals surface area contributed by atoms with Crippen LogP contribution in [0.3, 0.4) is 0 Å². The van der Waals surface area contributed by atoms with Crippen LogP contribution in [0.5, 0.6) is 11.6 Å². The second-order valence-electron chi connectivity index (χ2n) is 5.05. The molecule has 2 aromatic heterocycles. The first-order valence-corrected chi connectivity index (χ1v) is 7.59. The van der Waals surface area contributed by atoms with E-state index in [1.165, 1.54) is 12.1 Å². The number of hydrogen-bond acceptors (Lipinski definition) is 3. The molecule has 23 heavy (non-hydrogen) atoms. The summed E-state index contributed by atoms with van der Waals surface area (Å²) in [6, 6.07) is 10.3. The van der Waals surface area contributed by atoms with Crippen LogP contribution < -0.4 is 10.3 Å². The highest BCUT2D eigenvalue weighted by Crippen LogP contribution is 2.38. The lowest BCUT2D eigenvalue weighted by atomic mass is 10.2. The van der Waals surface area contributed by atoms with Crippen LogP contribution >= 0.6 is 23.2 Å². The Labute approximate surface area is 142 Å². The Morgan fingerprint density at radius 3 is 2.17 bits per heavy atom. The molecule has 0 atom stereocenters. The number of benzene rings is 1. The third-order valence-corrected chi connectivity index (χ3v) is 3.93. The lowest BCUT2D eigenvalue weighted by Gasteiger charge is -2.14. The van der Waals surface area contributed by atoms with Crippen LogP contribution in [-0.4, -0.2) is 14.8 Å². The Morgan fingerprint density at radius 1 is 1.04 bits per heavy atom. The van der Waals surface area contributed by atoms with Crippen LogP contribution in [-0.2, 0) is 0 Å². The number of rotatable bonds is 3. The zero-order valence-corrected chi connectivity index (χ0v) is 13.9. The Morgan fingerprint density at radius 2 is 1.65 bits per heavy atom. The van der Waals surface area contributed by atoms with Crippen molar-refractivity contribution < 1.29 is 4.74 Å². The highest BCUT2D eigenvalue weighted by Gasteiger charge is 2.14. The van der Waals surface area contributed by atoms with Crippen LogP contribution in [0.15, 0.2) is 41.2 Å². The molecule has 3 rings (SSSR count). The SMILES string of the molecule is Cc1ccc(C)n1-c1cc(Cl)c(Oc2ccc(=O)[nH]n2)c(Cl)c1. The van der Waals surface area contributed by atoms with Gasteiger partial charge in [-0.1, -0.05) is 23.2 Å². The zero-order valence-electron chi connectivity index (χ0n) is 12.4. The molecule has 0 unspecified atom stereocenters. The highest BCUT2D eigenvalue weighted by molar-refractivity contribution is 6.37. The summed E-state index contributed by atoms with van der Waals surface area (Å²) in [7, 11) is 0. The number of hydrogen-bond donors (Lipinski definition) is 1. The number of nitrogens with one attached hydrogen (secondary N) is 1. The minimum Gasteiger partial charge on any atom is -0.434 e. The van der Waals surface area contributed by atoms with Gasteiger partial charge < -0.3 is 9.30 Å². The minimum atomic E-state index is -0.316. The van der Waals surface area contributed by atoms with Gasteiger partial charge in [-0.25, -0.2) is 5.10 Å². The van der Waals surface area contributed by atoms with E-state index in [1.54, 1.807) is 12.1 Å². The van der Waals surface area contributed by atoms with Crippen LogP contribution in [0.4, 0.5) is 0 Å². The van der Waals surface area contributed by atoms with E-state index >= 15 is 0 Å². The first-order valence-electron chi connectivity index (χ1n) is 6.83. The summed E-state index contributed by atoms with van der Waals surface area (Å²) in [6.45, 7) is 4.01. The van der Waals surface area contributed by atoms with E-state index in [1.807, 2.05) is 30.5 Å². The average Bonchev–Trinajstić information content (AvgIpc) is 2.84. The monoisotopic (exact) mass is 349 g/mol. The van der Waals surface area contributed by atoms with E-state index in [2.05, 4.69) is 10.2 Å². The minimum absolute atomic E-state index is 0.203. The molecular formula is C16H13Cl2N3O2. The third-order valence-electron chi connectivity index (χ3n) is 3.37. The summed E-state index contributed by atoms with van der Waals surface area (Å²) in [6.07, 6.45) is 0. The van der Waals surface area contributed by atoms with Crippen molar-refractivity contribution in [1.29, 1.82) is 0 Å². The molecule has 0 bridgehead atoms. The van der Waals surface area contributed by atoms with Crippen molar-refractivity contribution in [1.82, 2.24) is 14.8 Å². The van der Waals surface area contributed by atoms with E-state index < -0.39 is 0 Å². The summed E-state index contributed by atoms with van der Waals surface area (Å²) < 4.78 is 7.61. The smallest absolute Gasteiger partial charge is 0.264 e. The van der Waals surface area contributed by atoms with Gasteiger partial charge in [-0.05, 0) is 38.1 Å². The van der Waals surface area contributed by atoms with Crippen molar-refractivity contribution in [3.8, 4) is 17.3 Å². The summed E-state index contributed by atoms with van der Waals surface area (Å²) >= 11 is 12.6. The Hall–Kier alpha value is -2.24. The Bertz CT molecular complexity index is 868. The van der Waals surface area contributed by atoms with E-state index in [0.29, 0.717) is 15.8 Å². The van der Waals surface area contributed by atoms with Gasteiger partial charge in [-0.2, -0.15) is 0 Å². The topological polar surface area (TPSA) is 59.9 Å². The summed E-state index contributed by atoms with van der Waals surface area (Å²) in [5, 5.41) is 6.77. The maximum Gasteiger partial charge on any atom is 0.264 e. The first-order chi connectivity index (χ1) is 11.0. The lowest BCUT2D eigenvalue weighted by Crippen LogP contribution is -2.06. The summed E-state index contributed by atoms with van der Waals surface area (Å²) in [4.78, 5) is 11.0. The number of H-pyrrole nitrogens is 1. The molecule has 0 spiro atoms. The highest BCUT2D eigenvalue weighted by atomic mass is 35.5. The standard InChI is InChI=1S/C16H13Cl2N3O2/c1-9-3-4-10(2)21(9)11-7-12(17)16(13(18)8-11)23-15-6-5-14(22)19-20-15/h3-8H,1-2H3,(H,19,22). The molecule has 0 aliphatic heterocycles. The van der Waals surface area contributed by atoms with E-state index in [-0.39, 0.29) is 11.4 Å². The zero-order chi connectivity index (χ0) is 16.6. The average molecular weight is 350 g/mol. The number of halogens is 2. The quantitative estimate of drug-likeness (QED) is 0.767. The predicted octanol–water partition coefficient (Wildman–Crippen LogP) is 4.28. The van der Waals surface area contributed by atoms with Crippen LogP contribution in [0, 0.1) is 13.8 Å². The number of nitrogens with zero attached hydrogens (tertiary/aromatic N) is 2. The molecule has 0 saturated carbocycles. The van der Waals surface area contributed by atoms with Gasteiger partial charge in [0.1, 0.15) is 0 Å². The Kier molecular flexibility index (Phi) is 4.15. The van der Waals surface area contributed by atoms with Gasteiger partial charge in [-0.3, -0.25) is 4.79 Å². The molecule has 0 fully saturated rings. The fourth-order valence-electron chi connectivity index (χ4n) is 2.34. The van der Waals surface area contributed by atoms with Gasteiger partial charge in [0.25, 0.3) is 5.56 Å². The maximum absolute atomic E-state index is 11.0. The molecule has 2 heterocycles. The molecule has 0 aliphatic rings. The number of aromatic nitrogens is 3. The second-order valence-corrected chi connectivity index (χ2v) is 5.87. The van der Waals surface area contributed by atoms with Gasteiger partial charge in [0.15, 0.2) is 5.75 Å². The Balaban J connectivity index is 2.01. The van der Waals surface area contributed by atoms with Crippen molar-refractivity contribution in [3.05, 3.63) is 68.2 Å². The van der Waals surface area contributed by atoms with Crippen molar-refractivity contribution in [3.63, 3.8) is 0 Å². The lowest BCUT2D eigenvalue weighted by molar-refractivity contribution is 0.454. The number of ether oxygens (including phenoxy) is 1. The van der Waals surface area contributed by atoms with E-state index in [0.717, 1.165) is 17.1 Å². The molecule has 5 nitrogen and oxygen atoms in total. The molecule has 0 radical (unpaired) electrons. The van der Waals surface area contributed by atoms with Crippen LogP contribution in [0.1, 0.15) is 11.4 Å². The maximum atomic E-state index is 11.0. The van der Waals surface area contributed by atoms with Gasteiger partial charge in [0, 0.05) is 29.2 Å². The normalized spacial score (nSPS) is 10.8. The van der Waals surface area contributed by atoms with E-state index in [4.69, 9.17) is 27.9 Å². The van der Waals surface area contributed by atoms with Gasteiger partial charge in [0.05, 0.1) is 10.0 Å². The van der Waals surface area contributed by atoms with Gasteiger partial charge >= 0.3 is 0 Å². The number of aromatic amines is 1. The van der Waals surface area contributed by atoms with E-state index in [9.17, 15) is 4.79 Å². The molecule has 0 aliphatic carbocycles. The van der Waals surface area contributed by atoms with Gasteiger partial charge in [-0.15, -0.1) is 5.10 Å². The van der Waals surface area contributed by atoms with Crippen LogP contribution in [0.25, 0.3) is 5.69 Å². The largest absolute Gasteiger partial charge is 0.434 e. The third kappa shape index (κ3) is 3.11. The molecule has 0 saturated heterocycles. The molecule has 0 amide bonds. The fraction of sp³-hybridized carbons (Fsp3) is 0.125. The first kappa shape index (κ1) is 15.6. The summed E-state index contributed by atoms with van der Waals surface area (Å²) in [5.74, 6) is 0.494. The summed E-state index contributed by atoms with van der Waals surface area (Å²) in [5.41, 5.74) is 2.68. The molecule has 7 heteroatoms. The van der Waals surface area contributed by atoms with Crippen molar-refractivity contribution in [2.45, 2.75) is 13.8 Å². The number of aryl methyl sites for hydroxylation is 2. The van der Waals surface area contributed by atoms with Gasteiger partial charge in [0.2, 0.25) is 5.88 Å². The predicted molar refractivity (Wildman–Crippen MR) is 90.2 cm³/mol. The molecular weight excluding hydrogens is 337 g/mol. The molecule has 3 aromatic rings. The van der Waals surface area contributed by atoms with Crippen LogP contribution in [0.2, 0.25) is 10.0 Å². The molecule has 118 valence electrons. The van der Waals surface area contributed by atoms with Crippen molar-refractivity contribution >= 4 is 23.2 Å². The molecule has 1 N–H and O–H groups in total. The molecule has 1 aromatic carbocycles. The van der Waals surface area contributed by atoms with Crippen molar-refractivity contribution in [2.75, 3.05) is 0 Å². The fourth-order valence-corrected chi connectivity index (χ4v) is 2.89.